The van der Waals surface area contributed by atoms with Gasteiger partial charge in [0.2, 0.25) is 5.91 Å². The van der Waals surface area contributed by atoms with Crippen LogP contribution in [0.1, 0.15) is 18.9 Å². The minimum Gasteiger partial charge on any atom is -0.497 e. The van der Waals surface area contributed by atoms with E-state index in [2.05, 4.69) is 4.98 Å². The van der Waals surface area contributed by atoms with Crippen LogP contribution in [0.25, 0.3) is 0 Å². The number of methoxy groups -OCH3 is 2. The fourth-order valence-corrected chi connectivity index (χ4v) is 2.82. The summed E-state index contributed by atoms with van der Waals surface area (Å²) in [4.78, 5) is 30.4. The highest BCUT2D eigenvalue weighted by atomic mass is 16.5. The molecule has 0 fully saturated rings. The highest BCUT2D eigenvalue weighted by molar-refractivity contribution is 5.80. The summed E-state index contributed by atoms with van der Waals surface area (Å²) in [6.07, 6.45) is 6.43. The van der Waals surface area contributed by atoms with Gasteiger partial charge in [0.25, 0.3) is 0 Å². The smallest absolute Gasteiger partial charge is 0.310 e. The van der Waals surface area contributed by atoms with Gasteiger partial charge in [-0.25, -0.2) is 4.98 Å². The van der Waals surface area contributed by atoms with Crippen LogP contribution in [0.15, 0.2) is 43.0 Å². The van der Waals surface area contributed by atoms with Crippen molar-refractivity contribution in [2.45, 2.75) is 26.3 Å². The number of aromatic nitrogens is 2. The van der Waals surface area contributed by atoms with Crippen molar-refractivity contribution in [3.8, 4) is 5.75 Å². The highest BCUT2D eigenvalue weighted by Gasteiger charge is 2.21. The normalized spacial score (nSPS) is 11.7. The third-order valence-corrected chi connectivity index (χ3v) is 4.37. The molecule has 1 aromatic heterocycles. The summed E-state index contributed by atoms with van der Waals surface area (Å²) in [7, 11) is 2.97. The Kier molecular flexibility index (Phi) is 7.85. The van der Waals surface area contributed by atoms with Gasteiger partial charge in [0, 0.05) is 32.0 Å². The number of aryl methyl sites for hydroxylation is 1. The van der Waals surface area contributed by atoms with Crippen LogP contribution in [0.3, 0.4) is 0 Å². The van der Waals surface area contributed by atoms with Gasteiger partial charge in [-0.3, -0.25) is 9.59 Å². The summed E-state index contributed by atoms with van der Waals surface area (Å²) >= 11 is 0. The number of imidazole rings is 1. The zero-order valence-corrected chi connectivity index (χ0v) is 16.1. The molecule has 0 bridgehead atoms. The standard InChI is InChI=1S/C20H27N3O4/c1-16(20(25)27-3)14-23(11-4-10-22-12-9-21-15-22)19(24)13-17-5-7-18(26-2)8-6-17/h5-9,12,15-16H,4,10-11,13-14H2,1-3H3. The quantitative estimate of drug-likeness (QED) is 0.597. The second-order valence-electron chi connectivity index (χ2n) is 6.44. The summed E-state index contributed by atoms with van der Waals surface area (Å²) < 4.78 is 11.9. The molecule has 0 spiro atoms. The van der Waals surface area contributed by atoms with E-state index in [1.807, 2.05) is 35.0 Å². The Morgan fingerprint density at radius 3 is 2.56 bits per heavy atom. The van der Waals surface area contributed by atoms with E-state index in [4.69, 9.17) is 9.47 Å². The maximum atomic E-state index is 12.8. The maximum absolute atomic E-state index is 12.8. The first-order valence-electron chi connectivity index (χ1n) is 8.97. The number of rotatable bonds is 10. The second kappa shape index (κ2) is 10.4. The summed E-state index contributed by atoms with van der Waals surface area (Å²) in [5.74, 6) is 0.0548. The number of esters is 1. The van der Waals surface area contributed by atoms with Crippen LogP contribution in [0.2, 0.25) is 0 Å². The Morgan fingerprint density at radius 1 is 1.22 bits per heavy atom. The number of amides is 1. The third-order valence-electron chi connectivity index (χ3n) is 4.37. The van der Waals surface area contributed by atoms with Crippen molar-refractivity contribution in [3.05, 3.63) is 48.5 Å². The van der Waals surface area contributed by atoms with Crippen molar-refractivity contribution in [1.82, 2.24) is 14.5 Å². The molecule has 2 rings (SSSR count). The van der Waals surface area contributed by atoms with Gasteiger partial charge >= 0.3 is 5.97 Å². The Hall–Kier alpha value is -2.83. The molecule has 0 aliphatic carbocycles. The molecule has 7 heteroatoms. The van der Waals surface area contributed by atoms with Gasteiger partial charge in [0.05, 0.1) is 32.9 Å². The van der Waals surface area contributed by atoms with E-state index < -0.39 is 0 Å². The SMILES string of the molecule is COC(=O)C(C)CN(CCCn1ccnc1)C(=O)Cc1ccc(OC)cc1. The van der Waals surface area contributed by atoms with Gasteiger partial charge < -0.3 is 18.9 Å². The molecule has 1 aromatic carbocycles. The van der Waals surface area contributed by atoms with Gasteiger partial charge in [-0.2, -0.15) is 0 Å². The van der Waals surface area contributed by atoms with Crippen LogP contribution in [0.5, 0.6) is 5.75 Å². The van der Waals surface area contributed by atoms with Crippen LogP contribution in [0.4, 0.5) is 0 Å². The minimum absolute atomic E-state index is 0.0125. The zero-order chi connectivity index (χ0) is 19.6. The van der Waals surface area contributed by atoms with E-state index in [0.29, 0.717) is 13.1 Å². The number of carbonyl (C=O) groups is 2. The summed E-state index contributed by atoms with van der Waals surface area (Å²) in [5, 5.41) is 0. The van der Waals surface area contributed by atoms with Crippen molar-refractivity contribution in [2.75, 3.05) is 27.3 Å². The van der Waals surface area contributed by atoms with Crippen LogP contribution < -0.4 is 4.74 Å². The molecule has 27 heavy (non-hydrogen) atoms. The Bertz CT molecular complexity index is 713. The van der Waals surface area contributed by atoms with Crippen molar-refractivity contribution in [1.29, 1.82) is 0 Å². The van der Waals surface area contributed by atoms with Gasteiger partial charge in [-0.05, 0) is 24.1 Å². The predicted molar refractivity (Wildman–Crippen MR) is 101 cm³/mol. The molecule has 7 nitrogen and oxygen atoms in total. The Morgan fingerprint density at radius 2 is 1.96 bits per heavy atom. The first-order valence-corrected chi connectivity index (χ1v) is 8.97. The average Bonchev–Trinajstić information content (AvgIpc) is 3.20. The van der Waals surface area contributed by atoms with Crippen LogP contribution in [-0.4, -0.2) is 53.6 Å². The lowest BCUT2D eigenvalue weighted by molar-refractivity contribution is -0.146. The summed E-state index contributed by atoms with van der Waals surface area (Å²) in [6.45, 7) is 3.44. The maximum Gasteiger partial charge on any atom is 0.310 e. The van der Waals surface area contributed by atoms with Crippen molar-refractivity contribution >= 4 is 11.9 Å². The summed E-state index contributed by atoms with van der Waals surface area (Å²) in [5.41, 5.74) is 0.908. The molecule has 1 heterocycles. The van der Waals surface area contributed by atoms with Gasteiger partial charge in [0.15, 0.2) is 0 Å². The molecule has 0 saturated carbocycles. The molecule has 0 saturated heterocycles. The lowest BCUT2D eigenvalue weighted by atomic mass is 10.1. The molecule has 1 atom stereocenters. The van der Waals surface area contributed by atoms with Crippen molar-refractivity contribution in [3.63, 3.8) is 0 Å². The molecule has 1 amide bonds. The van der Waals surface area contributed by atoms with E-state index in [0.717, 1.165) is 24.3 Å². The lowest BCUT2D eigenvalue weighted by Gasteiger charge is -2.25. The molecular weight excluding hydrogens is 346 g/mol. The fraction of sp³-hybridized carbons (Fsp3) is 0.450. The number of benzene rings is 1. The number of hydrogen-bond donors (Lipinski definition) is 0. The van der Waals surface area contributed by atoms with E-state index in [1.54, 1.807) is 31.5 Å². The minimum atomic E-state index is -0.372. The number of ether oxygens (including phenoxy) is 2. The summed E-state index contributed by atoms with van der Waals surface area (Å²) in [6, 6.07) is 7.43. The molecule has 146 valence electrons. The van der Waals surface area contributed by atoms with Crippen molar-refractivity contribution in [2.24, 2.45) is 5.92 Å². The number of carbonyl (C=O) groups excluding carboxylic acids is 2. The molecule has 0 radical (unpaired) electrons. The fourth-order valence-electron chi connectivity index (χ4n) is 2.82. The van der Waals surface area contributed by atoms with Crippen LogP contribution in [0, 0.1) is 5.92 Å². The Balaban J connectivity index is 1.99. The first-order chi connectivity index (χ1) is 13.0. The molecule has 0 N–H and O–H groups in total. The molecule has 0 aliphatic rings. The van der Waals surface area contributed by atoms with E-state index in [1.165, 1.54) is 7.11 Å². The molecular formula is C20H27N3O4. The largest absolute Gasteiger partial charge is 0.497 e. The molecule has 1 unspecified atom stereocenters. The topological polar surface area (TPSA) is 73.7 Å². The third kappa shape index (κ3) is 6.44. The second-order valence-corrected chi connectivity index (χ2v) is 6.44. The van der Waals surface area contributed by atoms with Crippen molar-refractivity contribution < 1.29 is 19.1 Å². The zero-order valence-electron chi connectivity index (χ0n) is 16.1. The van der Waals surface area contributed by atoms with Crippen LogP contribution in [-0.2, 0) is 27.3 Å². The van der Waals surface area contributed by atoms with E-state index in [-0.39, 0.29) is 24.2 Å². The molecule has 2 aromatic rings. The molecule has 0 aliphatic heterocycles. The van der Waals surface area contributed by atoms with Gasteiger partial charge in [0.1, 0.15) is 5.75 Å². The lowest BCUT2D eigenvalue weighted by Crippen LogP contribution is -2.39. The van der Waals surface area contributed by atoms with Crippen LogP contribution >= 0.6 is 0 Å². The number of hydrogen-bond acceptors (Lipinski definition) is 5. The highest BCUT2D eigenvalue weighted by Crippen LogP contribution is 2.13. The van der Waals surface area contributed by atoms with E-state index in [9.17, 15) is 9.59 Å². The van der Waals surface area contributed by atoms with Gasteiger partial charge in [-0.15, -0.1) is 0 Å². The number of nitrogens with zero attached hydrogens (tertiary/aromatic N) is 3. The van der Waals surface area contributed by atoms with E-state index >= 15 is 0 Å². The monoisotopic (exact) mass is 373 g/mol. The average molecular weight is 373 g/mol. The van der Waals surface area contributed by atoms with Gasteiger partial charge in [-0.1, -0.05) is 19.1 Å². The first kappa shape index (κ1) is 20.5. The Labute approximate surface area is 159 Å². The predicted octanol–water partition coefficient (Wildman–Crippen LogP) is 2.16.